The van der Waals surface area contributed by atoms with Gasteiger partial charge in [-0.25, -0.2) is 4.68 Å². The third-order valence-corrected chi connectivity index (χ3v) is 4.76. The number of amides is 1. The standard InChI is InChI=1S/C16H22ClN5O2S/c1-9(25-15-21-20-14(22(15)18)16(2,3)4)13(23)19-10-6-7-12(24-5)11(17)8-10/h6-9H,18H2,1-5H3,(H,19,23). The lowest BCUT2D eigenvalue weighted by Gasteiger charge is -2.17. The van der Waals surface area contributed by atoms with Gasteiger partial charge in [-0.3, -0.25) is 4.79 Å². The number of nitrogens with one attached hydrogen (secondary N) is 1. The van der Waals surface area contributed by atoms with Crippen LogP contribution in [0.1, 0.15) is 33.5 Å². The number of halogens is 1. The zero-order valence-corrected chi connectivity index (χ0v) is 16.4. The smallest absolute Gasteiger partial charge is 0.237 e. The molecule has 1 heterocycles. The van der Waals surface area contributed by atoms with Crippen molar-refractivity contribution in [3.63, 3.8) is 0 Å². The summed E-state index contributed by atoms with van der Waals surface area (Å²) in [6.07, 6.45) is 0. The van der Waals surface area contributed by atoms with Crippen LogP contribution in [0.4, 0.5) is 5.69 Å². The molecule has 2 rings (SSSR count). The van der Waals surface area contributed by atoms with E-state index in [9.17, 15) is 4.79 Å². The molecular weight excluding hydrogens is 362 g/mol. The fourth-order valence-electron chi connectivity index (χ4n) is 2.07. The minimum Gasteiger partial charge on any atom is -0.495 e. The Balaban J connectivity index is 2.06. The van der Waals surface area contributed by atoms with Gasteiger partial charge < -0.3 is 15.9 Å². The van der Waals surface area contributed by atoms with E-state index in [1.807, 2.05) is 20.8 Å². The number of nitrogens with two attached hydrogens (primary N) is 1. The van der Waals surface area contributed by atoms with Crippen molar-refractivity contribution in [3.05, 3.63) is 29.0 Å². The molecule has 3 N–H and O–H groups in total. The van der Waals surface area contributed by atoms with Gasteiger partial charge in [0.1, 0.15) is 5.75 Å². The molecule has 0 aliphatic rings. The van der Waals surface area contributed by atoms with E-state index < -0.39 is 5.25 Å². The Bertz CT molecular complexity index is 772. The molecule has 0 saturated heterocycles. The van der Waals surface area contributed by atoms with E-state index in [4.69, 9.17) is 22.2 Å². The van der Waals surface area contributed by atoms with Crippen LogP contribution in [0.25, 0.3) is 0 Å². The summed E-state index contributed by atoms with van der Waals surface area (Å²) < 4.78 is 6.52. The summed E-state index contributed by atoms with van der Waals surface area (Å²) in [6, 6.07) is 5.06. The Kier molecular flexibility index (Phi) is 5.84. The molecule has 1 aromatic carbocycles. The van der Waals surface area contributed by atoms with Crippen LogP contribution in [0, 0.1) is 0 Å². The van der Waals surface area contributed by atoms with Crippen molar-refractivity contribution in [1.29, 1.82) is 0 Å². The minimum atomic E-state index is -0.416. The summed E-state index contributed by atoms with van der Waals surface area (Å²) in [7, 11) is 1.53. The first-order valence-electron chi connectivity index (χ1n) is 7.65. The molecule has 1 unspecified atom stereocenters. The highest BCUT2D eigenvalue weighted by molar-refractivity contribution is 8.00. The van der Waals surface area contributed by atoms with Gasteiger partial charge >= 0.3 is 0 Å². The van der Waals surface area contributed by atoms with Crippen molar-refractivity contribution in [3.8, 4) is 5.75 Å². The minimum absolute atomic E-state index is 0.188. The van der Waals surface area contributed by atoms with Gasteiger partial charge in [0.15, 0.2) is 5.82 Å². The van der Waals surface area contributed by atoms with Crippen molar-refractivity contribution in [2.24, 2.45) is 0 Å². The SMILES string of the molecule is COc1ccc(NC(=O)C(C)Sc2nnc(C(C)(C)C)n2N)cc1Cl. The summed E-state index contributed by atoms with van der Waals surface area (Å²) in [4.78, 5) is 12.4. The maximum atomic E-state index is 12.4. The molecule has 9 heteroatoms. The Morgan fingerprint density at radius 1 is 1.40 bits per heavy atom. The van der Waals surface area contributed by atoms with Gasteiger partial charge in [0, 0.05) is 11.1 Å². The molecule has 0 fully saturated rings. The second-order valence-corrected chi connectivity index (χ2v) is 8.24. The molecule has 0 aliphatic heterocycles. The second-order valence-electron chi connectivity index (χ2n) is 6.52. The van der Waals surface area contributed by atoms with Crippen LogP contribution in [0.15, 0.2) is 23.4 Å². The first kappa shape index (κ1) is 19.4. The molecule has 0 spiro atoms. The highest BCUT2D eigenvalue weighted by Gasteiger charge is 2.25. The summed E-state index contributed by atoms with van der Waals surface area (Å²) in [6.45, 7) is 7.77. The Morgan fingerprint density at radius 2 is 2.08 bits per heavy atom. The molecule has 0 bridgehead atoms. The fourth-order valence-corrected chi connectivity index (χ4v) is 3.10. The monoisotopic (exact) mass is 383 g/mol. The van der Waals surface area contributed by atoms with E-state index in [0.29, 0.717) is 27.4 Å². The van der Waals surface area contributed by atoms with E-state index in [2.05, 4.69) is 15.5 Å². The van der Waals surface area contributed by atoms with Crippen LogP contribution in [-0.2, 0) is 10.2 Å². The highest BCUT2D eigenvalue weighted by Crippen LogP contribution is 2.29. The molecule has 1 amide bonds. The van der Waals surface area contributed by atoms with Crippen LogP contribution in [0.2, 0.25) is 5.02 Å². The molecule has 25 heavy (non-hydrogen) atoms. The number of nitrogen functional groups attached to an aromatic ring is 1. The van der Waals surface area contributed by atoms with Crippen molar-refractivity contribution in [1.82, 2.24) is 14.9 Å². The second kappa shape index (κ2) is 7.53. The molecule has 0 saturated carbocycles. The average Bonchev–Trinajstić information content (AvgIpc) is 2.88. The van der Waals surface area contributed by atoms with E-state index in [-0.39, 0.29) is 11.3 Å². The summed E-state index contributed by atoms with van der Waals surface area (Å²) in [5.41, 5.74) is 0.360. The normalized spacial score (nSPS) is 12.7. The number of aromatic nitrogens is 3. The lowest BCUT2D eigenvalue weighted by Crippen LogP contribution is -2.26. The number of thioether (sulfide) groups is 1. The van der Waals surface area contributed by atoms with Crippen molar-refractivity contribution in [2.45, 2.75) is 43.5 Å². The number of anilines is 1. The molecular formula is C16H22ClN5O2S. The zero-order chi connectivity index (χ0) is 18.8. The van der Waals surface area contributed by atoms with Crippen LogP contribution in [0.5, 0.6) is 5.75 Å². The van der Waals surface area contributed by atoms with Crippen molar-refractivity contribution in [2.75, 3.05) is 18.3 Å². The Labute approximate surface area is 156 Å². The van der Waals surface area contributed by atoms with Gasteiger partial charge in [0.2, 0.25) is 11.1 Å². The van der Waals surface area contributed by atoms with Gasteiger partial charge in [-0.1, -0.05) is 44.1 Å². The number of benzene rings is 1. The molecule has 2 aromatic rings. The number of carbonyl (C=O) groups is 1. The van der Waals surface area contributed by atoms with Gasteiger partial charge in [0.25, 0.3) is 0 Å². The number of carbonyl (C=O) groups excluding carboxylic acids is 1. The lowest BCUT2D eigenvalue weighted by atomic mass is 9.96. The number of hydrogen-bond acceptors (Lipinski definition) is 6. The maximum Gasteiger partial charge on any atom is 0.237 e. The van der Waals surface area contributed by atoms with E-state index >= 15 is 0 Å². The zero-order valence-electron chi connectivity index (χ0n) is 14.8. The largest absolute Gasteiger partial charge is 0.495 e. The molecule has 7 nitrogen and oxygen atoms in total. The number of nitrogens with zero attached hydrogens (tertiary/aromatic N) is 3. The fraction of sp³-hybridized carbons (Fsp3) is 0.438. The predicted octanol–water partition coefficient (Wildman–Crippen LogP) is 3.07. The molecule has 1 aromatic heterocycles. The van der Waals surface area contributed by atoms with E-state index in [1.54, 1.807) is 25.1 Å². The number of rotatable bonds is 5. The van der Waals surface area contributed by atoms with Crippen LogP contribution in [-0.4, -0.2) is 33.1 Å². The van der Waals surface area contributed by atoms with Crippen molar-refractivity contribution < 1.29 is 9.53 Å². The molecule has 1 atom stereocenters. The lowest BCUT2D eigenvalue weighted by molar-refractivity contribution is -0.115. The van der Waals surface area contributed by atoms with Gasteiger partial charge in [-0.05, 0) is 25.1 Å². The molecule has 0 aliphatic carbocycles. The van der Waals surface area contributed by atoms with E-state index in [0.717, 1.165) is 0 Å². The van der Waals surface area contributed by atoms with Crippen molar-refractivity contribution >= 4 is 35.0 Å². The third-order valence-electron chi connectivity index (χ3n) is 3.41. The van der Waals surface area contributed by atoms with Crippen LogP contribution in [0.3, 0.4) is 0 Å². The number of ether oxygens (including phenoxy) is 1. The van der Waals surface area contributed by atoms with Gasteiger partial charge in [-0.2, -0.15) is 0 Å². The summed E-state index contributed by atoms with van der Waals surface area (Å²) in [5, 5.41) is 11.5. The topological polar surface area (TPSA) is 95.1 Å². The summed E-state index contributed by atoms with van der Waals surface area (Å²) in [5.74, 6) is 7.07. The molecule has 136 valence electrons. The number of methoxy groups -OCH3 is 1. The Morgan fingerprint density at radius 3 is 2.60 bits per heavy atom. The third kappa shape index (κ3) is 4.58. The highest BCUT2D eigenvalue weighted by atomic mass is 35.5. The van der Waals surface area contributed by atoms with Crippen LogP contribution >= 0.6 is 23.4 Å². The molecule has 0 radical (unpaired) electrons. The predicted molar refractivity (Wildman–Crippen MR) is 101 cm³/mol. The van der Waals surface area contributed by atoms with Crippen LogP contribution < -0.4 is 15.9 Å². The van der Waals surface area contributed by atoms with Gasteiger partial charge in [0.05, 0.1) is 17.4 Å². The maximum absolute atomic E-state index is 12.4. The Hall–Kier alpha value is -1.93. The van der Waals surface area contributed by atoms with E-state index in [1.165, 1.54) is 23.5 Å². The average molecular weight is 384 g/mol. The first-order valence-corrected chi connectivity index (χ1v) is 8.91. The quantitative estimate of drug-likeness (QED) is 0.608. The van der Waals surface area contributed by atoms with Gasteiger partial charge in [-0.15, -0.1) is 10.2 Å². The summed E-state index contributed by atoms with van der Waals surface area (Å²) >= 11 is 7.31. The number of hydrogen-bond donors (Lipinski definition) is 2. The first-order chi connectivity index (χ1) is 11.6.